The van der Waals surface area contributed by atoms with Crippen molar-refractivity contribution in [2.75, 3.05) is 14.1 Å². The minimum absolute atomic E-state index is 0.666. The second-order valence-corrected chi connectivity index (χ2v) is 5.28. The molecule has 0 atom stereocenters. The van der Waals surface area contributed by atoms with E-state index in [0.717, 1.165) is 18.2 Å². The maximum absolute atomic E-state index is 4.83. The molecule has 19 heavy (non-hydrogen) atoms. The summed E-state index contributed by atoms with van der Waals surface area (Å²) in [5.74, 6) is 0.843. The van der Waals surface area contributed by atoms with Crippen molar-refractivity contribution in [3.63, 3.8) is 0 Å². The lowest BCUT2D eigenvalue weighted by Crippen LogP contribution is -2.38. The minimum atomic E-state index is 0.666. The second-order valence-electron chi connectivity index (χ2n) is 4.27. The Hall–Kier alpha value is -1.82. The number of aryl methyl sites for hydroxylation is 1. The van der Waals surface area contributed by atoms with Crippen LogP contribution in [-0.4, -0.2) is 30.1 Å². The van der Waals surface area contributed by atoms with Gasteiger partial charge in [0.05, 0.1) is 13.1 Å². The molecule has 0 spiro atoms. The topological polar surface area (TPSA) is 53.7 Å². The van der Waals surface area contributed by atoms with Gasteiger partial charge in [-0.1, -0.05) is 5.16 Å². The molecule has 0 aliphatic heterocycles. The predicted octanol–water partition coefficient (Wildman–Crippen LogP) is 2.25. The largest absolute Gasteiger partial charge is 0.364 e. The van der Waals surface area contributed by atoms with Crippen molar-refractivity contribution in [2.45, 2.75) is 20.0 Å². The molecule has 5 nitrogen and oxygen atoms in total. The number of thiophene rings is 1. The highest BCUT2D eigenvalue weighted by Crippen LogP contribution is 2.14. The molecule has 0 aromatic carbocycles. The van der Waals surface area contributed by atoms with Gasteiger partial charge in [-0.15, -0.1) is 11.3 Å². The Balaban J connectivity index is 1.91. The fraction of sp³-hybridized carbons (Fsp3) is 0.385. The van der Waals surface area contributed by atoms with Gasteiger partial charge in [0.1, 0.15) is 12.0 Å². The molecule has 0 bridgehead atoms. The van der Waals surface area contributed by atoms with E-state index in [1.165, 1.54) is 10.4 Å². The van der Waals surface area contributed by atoms with Gasteiger partial charge in [0.25, 0.3) is 0 Å². The zero-order valence-corrected chi connectivity index (χ0v) is 12.2. The molecule has 0 saturated carbocycles. The highest BCUT2D eigenvalue weighted by molar-refractivity contribution is 7.10. The smallest absolute Gasteiger partial charge is 0.194 e. The van der Waals surface area contributed by atoms with Crippen molar-refractivity contribution in [1.29, 1.82) is 0 Å². The van der Waals surface area contributed by atoms with Crippen LogP contribution in [0.5, 0.6) is 0 Å². The lowest BCUT2D eigenvalue weighted by Gasteiger charge is -2.20. The van der Waals surface area contributed by atoms with Gasteiger partial charge in [-0.25, -0.2) is 0 Å². The maximum Gasteiger partial charge on any atom is 0.194 e. The van der Waals surface area contributed by atoms with E-state index in [-0.39, 0.29) is 0 Å². The number of guanidine groups is 1. The molecule has 0 amide bonds. The van der Waals surface area contributed by atoms with Gasteiger partial charge in [-0.3, -0.25) is 4.99 Å². The SMILES string of the molecule is CN=C(NCc1sccc1C)N(C)Cc1ccon1. The summed E-state index contributed by atoms with van der Waals surface area (Å²) >= 11 is 1.76. The monoisotopic (exact) mass is 278 g/mol. The summed E-state index contributed by atoms with van der Waals surface area (Å²) in [6, 6.07) is 3.98. The Bertz CT molecular complexity index is 533. The molecule has 2 aromatic heterocycles. The van der Waals surface area contributed by atoms with E-state index < -0.39 is 0 Å². The Morgan fingerprint density at radius 3 is 2.95 bits per heavy atom. The Morgan fingerprint density at radius 1 is 1.53 bits per heavy atom. The predicted molar refractivity (Wildman–Crippen MR) is 77.2 cm³/mol. The first-order valence-electron chi connectivity index (χ1n) is 6.04. The first-order valence-corrected chi connectivity index (χ1v) is 6.92. The molecular weight excluding hydrogens is 260 g/mol. The molecule has 2 rings (SSSR count). The van der Waals surface area contributed by atoms with Crippen LogP contribution in [0.25, 0.3) is 0 Å². The van der Waals surface area contributed by atoms with E-state index in [1.807, 2.05) is 18.0 Å². The van der Waals surface area contributed by atoms with Gasteiger partial charge >= 0.3 is 0 Å². The molecule has 1 N–H and O–H groups in total. The zero-order chi connectivity index (χ0) is 13.7. The quantitative estimate of drug-likeness (QED) is 0.688. The highest BCUT2D eigenvalue weighted by atomic mass is 32.1. The van der Waals surface area contributed by atoms with Crippen LogP contribution in [0.15, 0.2) is 33.3 Å². The number of aliphatic imine (C=N–C) groups is 1. The van der Waals surface area contributed by atoms with Crippen LogP contribution in [-0.2, 0) is 13.1 Å². The average Bonchev–Trinajstić information content (AvgIpc) is 3.02. The molecule has 6 heteroatoms. The lowest BCUT2D eigenvalue weighted by atomic mass is 10.3. The van der Waals surface area contributed by atoms with E-state index in [9.17, 15) is 0 Å². The number of nitrogens with zero attached hydrogens (tertiary/aromatic N) is 3. The molecule has 0 saturated heterocycles. The Labute approximate surface area is 116 Å². The van der Waals surface area contributed by atoms with E-state index >= 15 is 0 Å². The van der Waals surface area contributed by atoms with Crippen molar-refractivity contribution in [1.82, 2.24) is 15.4 Å². The lowest BCUT2D eigenvalue weighted by molar-refractivity contribution is 0.391. The third-order valence-electron chi connectivity index (χ3n) is 2.84. The zero-order valence-electron chi connectivity index (χ0n) is 11.4. The molecule has 2 aromatic rings. The third-order valence-corrected chi connectivity index (χ3v) is 3.86. The van der Waals surface area contributed by atoms with E-state index in [1.54, 1.807) is 24.6 Å². The second kappa shape index (κ2) is 6.38. The van der Waals surface area contributed by atoms with Crippen molar-refractivity contribution >= 4 is 17.3 Å². The van der Waals surface area contributed by atoms with Gasteiger partial charge in [-0.2, -0.15) is 0 Å². The van der Waals surface area contributed by atoms with Crippen LogP contribution >= 0.6 is 11.3 Å². The standard InChI is InChI=1S/C13H18N4OS/c1-10-5-7-19-12(10)8-15-13(14-2)17(3)9-11-4-6-18-16-11/h4-7H,8-9H2,1-3H3,(H,14,15). The molecule has 0 aliphatic rings. The van der Waals surface area contributed by atoms with Crippen molar-refractivity contribution < 1.29 is 4.52 Å². The summed E-state index contributed by atoms with van der Waals surface area (Å²) in [5, 5.41) is 9.36. The maximum atomic E-state index is 4.83. The van der Waals surface area contributed by atoms with E-state index in [2.05, 4.69) is 33.8 Å². The fourth-order valence-corrected chi connectivity index (χ4v) is 2.61. The van der Waals surface area contributed by atoms with Crippen molar-refractivity contribution in [3.8, 4) is 0 Å². The van der Waals surface area contributed by atoms with Gasteiger partial charge in [0.2, 0.25) is 0 Å². The van der Waals surface area contributed by atoms with Crippen LogP contribution < -0.4 is 5.32 Å². The number of hydrogen-bond acceptors (Lipinski definition) is 4. The molecule has 0 aliphatic carbocycles. The van der Waals surface area contributed by atoms with Crippen LogP contribution in [0.2, 0.25) is 0 Å². The molecule has 0 unspecified atom stereocenters. The summed E-state index contributed by atoms with van der Waals surface area (Å²) in [4.78, 5) is 7.62. The van der Waals surface area contributed by atoms with Crippen molar-refractivity contribution in [3.05, 3.63) is 39.9 Å². The summed E-state index contributed by atoms with van der Waals surface area (Å²) in [7, 11) is 3.76. The molecule has 2 heterocycles. The van der Waals surface area contributed by atoms with Crippen LogP contribution in [0, 0.1) is 6.92 Å². The Kier molecular flexibility index (Phi) is 4.57. The van der Waals surface area contributed by atoms with E-state index in [0.29, 0.717) is 6.54 Å². The van der Waals surface area contributed by atoms with Crippen molar-refractivity contribution in [2.24, 2.45) is 4.99 Å². The highest BCUT2D eigenvalue weighted by Gasteiger charge is 2.09. The fourth-order valence-electron chi connectivity index (χ4n) is 1.77. The van der Waals surface area contributed by atoms with Gasteiger partial charge in [0.15, 0.2) is 5.96 Å². The molecule has 102 valence electrons. The normalized spacial score (nSPS) is 11.6. The van der Waals surface area contributed by atoms with Crippen LogP contribution in [0.3, 0.4) is 0 Å². The summed E-state index contributed by atoms with van der Waals surface area (Å²) in [6.45, 7) is 3.58. The molecule has 0 fully saturated rings. The third kappa shape index (κ3) is 3.57. The summed E-state index contributed by atoms with van der Waals surface area (Å²) in [5.41, 5.74) is 2.20. The van der Waals surface area contributed by atoms with Crippen LogP contribution in [0.4, 0.5) is 0 Å². The first-order chi connectivity index (χ1) is 9.20. The molecular formula is C13H18N4OS. The van der Waals surface area contributed by atoms with E-state index in [4.69, 9.17) is 4.52 Å². The summed E-state index contributed by atoms with van der Waals surface area (Å²) < 4.78 is 4.83. The summed E-state index contributed by atoms with van der Waals surface area (Å²) in [6.07, 6.45) is 1.58. The van der Waals surface area contributed by atoms with Gasteiger partial charge < -0.3 is 14.7 Å². The minimum Gasteiger partial charge on any atom is -0.364 e. The average molecular weight is 278 g/mol. The van der Waals surface area contributed by atoms with Gasteiger partial charge in [0, 0.05) is 25.0 Å². The van der Waals surface area contributed by atoms with Crippen LogP contribution in [0.1, 0.15) is 16.1 Å². The molecule has 0 radical (unpaired) electrons. The first kappa shape index (κ1) is 13.6. The number of aromatic nitrogens is 1. The number of hydrogen-bond donors (Lipinski definition) is 1. The van der Waals surface area contributed by atoms with Gasteiger partial charge in [-0.05, 0) is 23.9 Å². The Morgan fingerprint density at radius 2 is 2.37 bits per heavy atom. The number of nitrogens with one attached hydrogen (secondary N) is 1. The number of rotatable bonds is 4.